The van der Waals surface area contributed by atoms with Crippen LogP contribution in [0.25, 0.3) is 11.0 Å². The number of cyclic esters (lactones) is 1. The minimum atomic E-state index is -0.409. The van der Waals surface area contributed by atoms with Gasteiger partial charge in [0, 0.05) is 0 Å². The van der Waals surface area contributed by atoms with Gasteiger partial charge in [0.25, 0.3) is 0 Å². The molecular weight excluding hydrogens is 184 g/mol. The van der Waals surface area contributed by atoms with Crippen LogP contribution in [0.4, 0.5) is 0 Å². The van der Waals surface area contributed by atoms with Gasteiger partial charge in [-0.2, -0.15) is 0 Å². The van der Waals surface area contributed by atoms with E-state index >= 15 is 0 Å². The summed E-state index contributed by atoms with van der Waals surface area (Å²) in [5.41, 5.74) is 1.06. The quantitative estimate of drug-likeness (QED) is 0.595. The third kappa shape index (κ3) is 0.849. The van der Waals surface area contributed by atoms with Crippen molar-refractivity contribution in [2.24, 2.45) is 0 Å². The predicted molar refractivity (Wildman–Crippen MR) is 47.1 cm³/mol. The van der Waals surface area contributed by atoms with Gasteiger partial charge in [0.2, 0.25) is 6.79 Å². The Kier molecular flexibility index (Phi) is 1.33. The summed E-state index contributed by atoms with van der Waals surface area (Å²) in [4.78, 5) is 11.4. The first-order chi connectivity index (χ1) is 6.86. The topological polar surface area (TPSA) is 48.7 Å². The lowest BCUT2D eigenvalue weighted by molar-refractivity contribution is 0.0179. The van der Waals surface area contributed by atoms with E-state index in [0.717, 1.165) is 0 Å². The highest BCUT2D eigenvalue weighted by Gasteiger charge is 2.21. The van der Waals surface area contributed by atoms with Gasteiger partial charge in [-0.25, -0.2) is 4.79 Å². The van der Waals surface area contributed by atoms with E-state index in [1.165, 1.54) is 6.26 Å². The number of furan rings is 1. The Labute approximate surface area is 79.0 Å². The van der Waals surface area contributed by atoms with Gasteiger partial charge >= 0.3 is 5.97 Å². The average molecular weight is 190 g/mol. The smallest absolute Gasteiger partial charge is 0.345 e. The van der Waals surface area contributed by atoms with E-state index in [4.69, 9.17) is 13.9 Å². The minimum absolute atomic E-state index is 0.0490. The van der Waals surface area contributed by atoms with E-state index < -0.39 is 5.97 Å². The van der Waals surface area contributed by atoms with Gasteiger partial charge < -0.3 is 13.9 Å². The maximum atomic E-state index is 11.4. The van der Waals surface area contributed by atoms with Crippen LogP contribution in [0, 0.1) is 0 Å². The SMILES string of the molecule is O=C1OCOc2cccc3occ1c23. The van der Waals surface area contributed by atoms with Gasteiger partial charge in [0.15, 0.2) is 0 Å². The molecule has 70 valence electrons. The van der Waals surface area contributed by atoms with Crippen molar-refractivity contribution < 1.29 is 18.7 Å². The van der Waals surface area contributed by atoms with Gasteiger partial charge in [-0.05, 0) is 12.1 Å². The van der Waals surface area contributed by atoms with Crippen LogP contribution in [0.15, 0.2) is 28.9 Å². The maximum absolute atomic E-state index is 11.4. The second-order valence-electron chi connectivity index (χ2n) is 2.97. The molecule has 0 unspecified atom stereocenters. The molecule has 4 heteroatoms. The van der Waals surface area contributed by atoms with Gasteiger partial charge in [-0.15, -0.1) is 0 Å². The molecule has 0 amide bonds. The summed E-state index contributed by atoms with van der Waals surface area (Å²) >= 11 is 0. The second-order valence-corrected chi connectivity index (χ2v) is 2.97. The fourth-order valence-corrected chi connectivity index (χ4v) is 1.55. The Morgan fingerprint density at radius 1 is 1.21 bits per heavy atom. The monoisotopic (exact) mass is 190 g/mol. The Morgan fingerprint density at radius 3 is 3.07 bits per heavy atom. The Hall–Kier alpha value is -1.97. The first-order valence-corrected chi connectivity index (χ1v) is 4.16. The number of rotatable bonds is 0. The van der Waals surface area contributed by atoms with E-state index in [1.807, 2.05) is 0 Å². The third-order valence-corrected chi connectivity index (χ3v) is 2.19. The molecule has 1 aromatic heterocycles. The third-order valence-electron chi connectivity index (χ3n) is 2.19. The molecule has 0 radical (unpaired) electrons. The number of carbonyl (C=O) groups excluding carboxylic acids is 1. The number of esters is 1. The molecule has 14 heavy (non-hydrogen) atoms. The Bertz CT molecular complexity index is 512. The molecule has 0 spiro atoms. The van der Waals surface area contributed by atoms with E-state index in [2.05, 4.69) is 0 Å². The van der Waals surface area contributed by atoms with Crippen molar-refractivity contribution in [2.75, 3.05) is 6.79 Å². The zero-order valence-corrected chi connectivity index (χ0v) is 7.15. The first kappa shape index (κ1) is 7.44. The van der Waals surface area contributed by atoms with Crippen LogP contribution in [0.1, 0.15) is 10.4 Å². The molecule has 1 aromatic carbocycles. The fourth-order valence-electron chi connectivity index (χ4n) is 1.55. The highest BCUT2D eigenvalue weighted by Crippen LogP contribution is 2.32. The molecule has 1 aliphatic heterocycles. The number of carbonyl (C=O) groups is 1. The lowest BCUT2D eigenvalue weighted by Gasteiger charge is -2.01. The van der Waals surface area contributed by atoms with Gasteiger partial charge in [0.05, 0.1) is 5.39 Å². The zero-order chi connectivity index (χ0) is 9.54. The zero-order valence-electron chi connectivity index (χ0n) is 7.15. The van der Waals surface area contributed by atoms with E-state index in [-0.39, 0.29) is 6.79 Å². The molecule has 0 fully saturated rings. The van der Waals surface area contributed by atoms with Gasteiger partial charge in [-0.3, -0.25) is 0 Å². The number of hydrogen-bond donors (Lipinski definition) is 0. The normalized spacial score (nSPS) is 14.7. The summed E-state index contributed by atoms with van der Waals surface area (Å²) in [5.74, 6) is 0.214. The van der Waals surface area contributed by atoms with Crippen LogP contribution in [-0.4, -0.2) is 12.8 Å². The molecule has 0 atom stereocenters. The van der Waals surface area contributed by atoms with Crippen molar-refractivity contribution in [1.82, 2.24) is 0 Å². The van der Waals surface area contributed by atoms with Crippen molar-refractivity contribution >= 4 is 16.9 Å². The van der Waals surface area contributed by atoms with Crippen LogP contribution in [0.5, 0.6) is 5.75 Å². The predicted octanol–water partition coefficient (Wildman–Crippen LogP) is 1.94. The molecule has 2 heterocycles. The summed E-state index contributed by atoms with van der Waals surface area (Å²) in [6.45, 7) is -0.0490. The summed E-state index contributed by atoms with van der Waals surface area (Å²) in [5, 5.41) is 0.690. The molecular formula is C10H6O4. The van der Waals surface area contributed by atoms with Crippen LogP contribution in [0.3, 0.4) is 0 Å². The molecule has 0 saturated heterocycles. The average Bonchev–Trinajstić information content (AvgIpc) is 2.54. The van der Waals surface area contributed by atoms with Crippen LogP contribution in [-0.2, 0) is 4.74 Å². The van der Waals surface area contributed by atoms with Crippen molar-refractivity contribution in [3.63, 3.8) is 0 Å². The molecule has 2 aromatic rings. The van der Waals surface area contributed by atoms with Crippen LogP contribution < -0.4 is 4.74 Å². The van der Waals surface area contributed by atoms with E-state index in [1.54, 1.807) is 18.2 Å². The Balaban J connectivity index is 2.43. The summed E-state index contributed by atoms with van der Waals surface area (Å²) < 4.78 is 15.3. The fraction of sp³-hybridized carbons (Fsp3) is 0.100. The van der Waals surface area contributed by atoms with Gasteiger partial charge in [-0.1, -0.05) is 6.07 Å². The summed E-state index contributed by atoms with van der Waals surface area (Å²) in [6, 6.07) is 5.37. The van der Waals surface area contributed by atoms with Crippen LogP contribution >= 0.6 is 0 Å². The Morgan fingerprint density at radius 2 is 2.14 bits per heavy atom. The second kappa shape index (κ2) is 2.51. The van der Waals surface area contributed by atoms with Crippen molar-refractivity contribution in [2.45, 2.75) is 0 Å². The molecule has 0 bridgehead atoms. The largest absolute Gasteiger partial charge is 0.463 e. The minimum Gasteiger partial charge on any atom is -0.463 e. The van der Waals surface area contributed by atoms with Crippen molar-refractivity contribution in [1.29, 1.82) is 0 Å². The molecule has 3 rings (SSSR count). The number of ether oxygens (including phenoxy) is 2. The molecule has 4 nitrogen and oxygen atoms in total. The van der Waals surface area contributed by atoms with Crippen molar-refractivity contribution in [3.05, 3.63) is 30.0 Å². The highest BCUT2D eigenvalue weighted by molar-refractivity contribution is 6.06. The summed E-state index contributed by atoms with van der Waals surface area (Å²) in [7, 11) is 0. The molecule has 0 aliphatic carbocycles. The highest BCUT2D eigenvalue weighted by atomic mass is 16.7. The molecule has 1 aliphatic rings. The van der Waals surface area contributed by atoms with Gasteiger partial charge in [0.1, 0.15) is 23.2 Å². The maximum Gasteiger partial charge on any atom is 0.345 e. The standard InChI is InChI=1S/C10H6O4/c11-10-6-4-12-7-2-1-3-8(9(6)7)13-5-14-10/h1-4H,5H2. The molecule has 0 saturated carbocycles. The first-order valence-electron chi connectivity index (χ1n) is 4.16. The molecule has 0 N–H and O–H groups in total. The lowest BCUT2D eigenvalue weighted by Crippen LogP contribution is -2.06. The summed E-state index contributed by atoms with van der Waals surface area (Å²) in [6.07, 6.45) is 1.39. The van der Waals surface area contributed by atoms with E-state index in [0.29, 0.717) is 22.3 Å². The van der Waals surface area contributed by atoms with Crippen LogP contribution in [0.2, 0.25) is 0 Å². The number of benzene rings is 1. The lowest BCUT2D eigenvalue weighted by atomic mass is 10.1. The number of hydrogen-bond acceptors (Lipinski definition) is 4. The van der Waals surface area contributed by atoms with E-state index in [9.17, 15) is 4.79 Å². The van der Waals surface area contributed by atoms with Crippen molar-refractivity contribution in [3.8, 4) is 5.75 Å².